The van der Waals surface area contributed by atoms with Crippen molar-refractivity contribution >= 4 is 17.8 Å². The molecule has 0 aliphatic carbocycles. The minimum atomic E-state index is -1.03. The van der Waals surface area contributed by atoms with Crippen molar-refractivity contribution < 1.29 is 24.2 Å². The van der Waals surface area contributed by atoms with E-state index in [-0.39, 0.29) is 18.2 Å². The second-order valence-corrected chi connectivity index (χ2v) is 6.65. The van der Waals surface area contributed by atoms with E-state index in [1.54, 1.807) is 19.2 Å². The number of aliphatic carboxylic acids is 1. The lowest BCUT2D eigenvalue weighted by atomic mass is 9.92. The predicted molar refractivity (Wildman–Crippen MR) is 97.9 cm³/mol. The fourth-order valence-electron chi connectivity index (χ4n) is 2.73. The minimum Gasteiger partial charge on any atom is -0.497 e. The van der Waals surface area contributed by atoms with Crippen LogP contribution in [0.3, 0.4) is 0 Å². The number of carboxylic acid groups (broad SMARTS) is 1. The Balaban J connectivity index is 2.88. The molecule has 2 amide bonds. The van der Waals surface area contributed by atoms with Gasteiger partial charge in [0, 0.05) is 19.4 Å². The van der Waals surface area contributed by atoms with Crippen molar-refractivity contribution in [3.8, 4) is 5.75 Å². The van der Waals surface area contributed by atoms with E-state index < -0.39 is 23.8 Å². The van der Waals surface area contributed by atoms with Gasteiger partial charge in [0.25, 0.3) is 0 Å². The highest BCUT2D eigenvalue weighted by Crippen LogP contribution is 2.17. The molecular formula is C19H28N2O5. The summed E-state index contributed by atoms with van der Waals surface area (Å²) >= 11 is 0. The van der Waals surface area contributed by atoms with Crippen molar-refractivity contribution in [1.29, 1.82) is 0 Å². The summed E-state index contributed by atoms with van der Waals surface area (Å²) in [6.45, 7) is 3.85. The molecule has 0 unspecified atom stereocenters. The molecule has 0 aliphatic heterocycles. The molecule has 7 nitrogen and oxygen atoms in total. The molecule has 144 valence electrons. The fourth-order valence-corrected chi connectivity index (χ4v) is 2.73. The number of methoxy groups -OCH3 is 1. The van der Waals surface area contributed by atoms with Crippen molar-refractivity contribution in [2.45, 2.75) is 39.2 Å². The van der Waals surface area contributed by atoms with Crippen LogP contribution in [0, 0.1) is 11.8 Å². The molecular weight excluding hydrogens is 336 g/mol. The lowest BCUT2D eigenvalue weighted by Crippen LogP contribution is -2.49. The maximum absolute atomic E-state index is 12.6. The van der Waals surface area contributed by atoms with Crippen LogP contribution in [0.25, 0.3) is 0 Å². The van der Waals surface area contributed by atoms with Crippen LogP contribution in [0.2, 0.25) is 0 Å². The van der Waals surface area contributed by atoms with Crippen LogP contribution in [0.1, 0.15) is 32.3 Å². The van der Waals surface area contributed by atoms with E-state index in [0.29, 0.717) is 18.6 Å². The third kappa shape index (κ3) is 7.13. The van der Waals surface area contributed by atoms with Crippen LogP contribution < -0.4 is 15.4 Å². The lowest BCUT2D eigenvalue weighted by molar-refractivity contribution is -0.141. The Morgan fingerprint density at radius 2 is 1.73 bits per heavy atom. The molecule has 0 fully saturated rings. The average Bonchev–Trinajstić information content (AvgIpc) is 2.59. The third-order valence-electron chi connectivity index (χ3n) is 4.03. The molecule has 0 saturated heterocycles. The highest BCUT2D eigenvalue weighted by atomic mass is 16.5. The van der Waals surface area contributed by atoms with E-state index >= 15 is 0 Å². The lowest BCUT2D eigenvalue weighted by Gasteiger charge is -2.22. The third-order valence-corrected chi connectivity index (χ3v) is 4.03. The predicted octanol–water partition coefficient (Wildman–Crippen LogP) is 1.61. The maximum Gasteiger partial charge on any atom is 0.304 e. The van der Waals surface area contributed by atoms with Gasteiger partial charge in [0.1, 0.15) is 11.8 Å². The second-order valence-electron chi connectivity index (χ2n) is 6.65. The number of nitrogens with one attached hydrogen (secondary N) is 2. The van der Waals surface area contributed by atoms with Crippen LogP contribution in [0.15, 0.2) is 24.3 Å². The average molecular weight is 364 g/mol. The highest BCUT2D eigenvalue weighted by molar-refractivity contribution is 5.89. The molecule has 0 bridgehead atoms. The normalized spacial score (nSPS) is 13.0. The first-order valence-electron chi connectivity index (χ1n) is 8.63. The minimum absolute atomic E-state index is 0.171. The van der Waals surface area contributed by atoms with Crippen molar-refractivity contribution in [2.75, 3.05) is 14.2 Å². The SMILES string of the molecule is CNC(=O)[C@H](Cc1ccc(OC)cc1)NC(=O)[C@@H](CC(=O)O)CC(C)C. The summed E-state index contributed by atoms with van der Waals surface area (Å²) < 4.78 is 5.11. The summed E-state index contributed by atoms with van der Waals surface area (Å²) in [5.74, 6) is -1.57. The quantitative estimate of drug-likeness (QED) is 0.585. The fraction of sp³-hybridized carbons (Fsp3) is 0.526. The van der Waals surface area contributed by atoms with Gasteiger partial charge < -0.3 is 20.5 Å². The number of likely N-dealkylation sites (N-methyl/N-ethyl adjacent to an activating group) is 1. The van der Waals surface area contributed by atoms with Crippen LogP contribution >= 0.6 is 0 Å². The summed E-state index contributed by atoms with van der Waals surface area (Å²) in [5.41, 5.74) is 0.860. The Morgan fingerprint density at radius 1 is 1.12 bits per heavy atom. The van der Waals surface area contributed by atoms with Crippen LogP contribution in [-0.4, -0.2) is 43.1 Å². The van der Waals surface area contributed by atoms with E-state index in [4.69, 9.17) is 9.84 Å². The van der Waals surface area contributed by atoms with E-state index in [2.05, 4.69) is 10.6 Å². The molecule has 26 heavy (non-hydrogen) atoms. The summed E-state index contributed by atoms with van der Waals surface area (Å²) in [7, 11) is 3.07. The molecule has 0 saturated carbocycles. The summed E-state index contributed by atoms with van der Waals surface area (Å²) in [5, 5.41) is 14.3. The van der Waals surface area contributed by atoms with E-state index in [0.717, 1.165) is 5.56 Å². The molecule has 7 heteroatoms. The van der Waals surface area contributed by atoms with Gasteiger partial charge in [-0.25, -0.2) is 0 Å². The summed E-state index contributed by atoms with van der Waals surface area (Å²) in [4.78, 5) is 35.8. The number of ether oxygens (including phenoxy) is 1. The Bertz CT molecular complexity index is 613. The number of benzene rings is 1. The molecule has 1 rings (SSSR count). The highest BCUT2D eigenvalue weighted by Gasteiger charge is 2.27. The first-order valence-corrected chi connectivity index (χ1v) is 8.63. The van der Waals surface area contributed by atoms with E-state index in [9.17, 15) is 14.4 Å². The second kappa shape index (κ2) is 10.4. The molecule has 0 spiro atoms. The first kappa shape index (κ1) is 21.5. The van der Waals surface area contributed by atoms with Crippen LogP contribution in [0.5, 0.6) is 5.75 Å². The Hall–Kier alpha value is -2.57. The van der Waals surface area contributed by atoms with E-state index in [1.807, 2.05) is 26.0 Å². The summed E-state index contributed by atoms with van der Waals surface area (Å²) in [6, 6.07) is 6.44. The van der Waals surface area contributed by atoms with Crippen molar-refractivity contribution in [3.05, 3.63) is 29.8 Å². The number of carboxylic acids is 1. The maximum atomic E-state index is 12.6. The number of carbonyl (C=O) groups excluding carboxylic acids is 2. The molecule has 3 N–H and O–H groups in total. The molecule has 0 radical (unpaired) electrons. The van der Waals surface area contributed by atoms with Gasteiger partial charge in [0.15, 0.2) is 0 Å². The molecule has 0 aliphatic rings. The van der Waals surface area contributed by atoms with Crippen LogP contribution in [-0.2, 0) is 20.8 Å². The molecule has 0 aromatic heterocycles. The van der Waals surface area contributed by atoms with Gasteiger partial charge in [0.05, 0.1) is 13.5 Å². The summed E-state index contributed by atoms with van der Waals surface area (Å²) in [6.07, 6.45) is 0.491. The van der Waals surface area contributed by atoms with Gasteiger partial charge in [-0.3, -0.25) is 14.4 Å². The number of amides is 2. The van der Waals surface area contributed by atoms with Crippen molar-refractivity contribution in [1.82, 2.24) is 10.6 Å². The Morgan fingerprint density at radius 3 is 2.19 bits per heavy atom. The van der Waals surface area contributed by atoms with Crippen molar-refractivity contribution in [2.24, 2.45) is 11.8 Å². The zero-order chi connectivity index (χ0) is 19.7. The standard InChI is InChI=1S/C19H28N2O5/c1-12(2)9-14(11-17(22)23)18(24)21-16(19(25)20-3)10-13-5-7-15(26-4)8-6-13/h5-8,12,14,16H,9-11H2,1-4H3,(H,20,25)(H,21,24)(H,22,23)/t14-,16+/m1/s1. The molecule has 2 atom stereocenters. The van der Waals surface area contributed by atoms with E-state index in [1.165, 1.54) is 7.05 Å². The zero-order valence-corrected chi connectivity index (χ0v) is 15.7. The molecule has 0 heterocycles. The number of hydrogen-bond acceptors (Lipinski definition) is 4. The van der Waals surface area contributed by atoms with Crippen LogP contribution in [0.4, 0.5) is 0 Å². The number of carbonyl (C=O) groups is 3. The van der Waals surface area contributed by atoms with Gasteiger partial charge in [-0.15, -0.1) is 0 Å². The number of rotatable bonds is 10. The van der Waals surface area contributed by atoms with Crippen molar-refractivity contribution in [3.63, 3.8) is 0 Å². The molecule has 1 aromatic rings. The Labute approximate surface area is 154 Å². The Kier molecular flexibility index (Phi) is 8.61. The first-order chi connectivity index (χ1) is 12.3. The largest absolute Gasteiger partial charge is 0.497 e. The van der Waals surface area contributed by atoms with Gasteiger partial charge in [-0.2, -0.15) is 0 Å². The van der Waals surface area contributed by atoms with Gasteiger partial charge in [-0.1, -0.05) is 26.0 Å². The number of hydrogen-bond donors (Lipinski definition) is 3. The monoisotopic (exact) mass is 364 g/mol. The zero-order valence-electron chi connectivity index (χ0n) is 15.7. The molecule has 1 aromatic carbocycles. The van der Waals surface area contributed by atoms with Gasteiger partial charge in [0.2, 0.25) is 11.8 Å². The van der Waals surface area contributed by atoms with Gasteiger partial charge >= 0.3 is 5.97 Å². The van der Waals surface area contributed by atoms with Gasteiger partial charge in [-0.05, 0) is 30.0 Å². The smallest absolute Gasteiger partial charge is 0.304 e. The topological polar surface area (TPSA) is 105 Å².